The summed E-state index contributed by atoms with van der Waals surface area (Å²) in [7, 11) is 0. The van der Waals surface area contributed by atoms with Crippen LogP contribution < -0.4 is 10.6 Å². The Morgan fingerprint density at radius 2 is 1.52 bits per heavy atom. The van der Waals surface area contributed by atoms with Crippen LogP contribution >= 0.6 is 0 Å². The highest BCUT2D eigenvalue weighted by molar-refractivity contribution is 6.04. The fourth-order valence-electron chi connectivity index (χ4n) is 7.76. The van der Waals surface area contributed by atoms with Crippen molar-refractivity contribution < 1.29 is 46.1 Å². The standard InChI is InChI=1S/C39H44F5N3O5/c1-39(2,3)46-36(49)28-16-15-22-7-4-5-10-27(22)47(28)19-26-18-29(23-13-11-21(20-48)12-14-23)52-38(51-26)24-8-6-9-25(17-24)45-37(50)30-31(40)33(42)35(44)34(43)32(30)41/h6,8-9,11-14,17,22,26-29,38,48H,4-5,7,10,15-16,18-20H2,1-3H3,(H,45,50)(H,46,49)/t22-,26+,27-,28-,29-,38-/m1/s1. The third kappa shape index (κ3) is 8.17. The van der Waals surface area contributed by atoms with E-state index in [1.165, 1.54) is 18.2 Å². The number of hydrogen-bond acceptors (Lipinski definition) is 6. The summed E-state index contributed by atoms with van der Waals surface area (Å²) in [6.07, 6.45) is 4.59. The van der Waals surface area contributed by atoms with Crippen molar-refractivity contribution in [1.29, 1.82) is 0 Å². The van der Waals surface area contributed by atoms with Gasteiger partial charge in [0, 0.05) is 35.8 Å². The average molecular weight is 730 g/mol. The molecule has 0 bridgehead atoms. The summed E-state index contributed by atoms with van der Waals surface area (Å²) >= 11 is 0. The van der Waals surface area contributed by atoms with Gasteiger partial charge in [0.15, 0.2) is 29.6 Å². The molecule has 0 radical (unpaired) electrons. The van der Waals surface area contributed by atoms with E-state index in [1.54, 1.807) is 18.2 Å². The van der Waals surface area contributed by atoms with E-state index in [1.807, 2.05) is 32.9 Å². The fourth-order valence-corrected chi connectivity index (χ4v) is 7.76. The normalized spacial score (nSPS) is 25.3. The number of aliphatic hydroxyl groups is 1. The molecule has 1 aliphatic carbocycles. The van der Waals surface area contributed by atoms with E-state index in [4.69, 9.17) is 9.47 Å². The molecule has 280 valence electrons. The predicted molar refractivity (Wildman–Crippen MR) is 182 cm³/mol. The van der Waals surface area contributed by atoms with Crippen molar-refractivity contribution in [1.82, 2.24) is 10.2 Å². The van der Waals surface area contributed by atoms with Crippen LogP contribution in [0.15, 0.2) is 48.5 Å². The van der Waals surface area contributed by atoms with Gasteiger partial charge in [-0.1, -0.05) is 49.2 Å². The SMILES string of the molecule is CC(C)(C)NC(=O)[C@H]1CC[C@H]2CCCC[C@H]2N1C[C@@H]1C[C@H](c2ccc(CO)cc2)O[C@H](c2cccc(NC(=O)c3c(F)c(F)c(F)c(F)c3F)c2)O1. The number of amides is 2. The lowest BCUT2D eigenvalue weighted by molar-refractivity contribution is -0.255. The van der Waals surface area contributed by atoms with Crippen LogP contribution in [0.25, 0.3) is 0 Å². The highest BCUT2D eigenvalue weighted by atomic mass is 19.2. The van der Waals surface area contributed by atoms with Crippen LogP contribution in [0.5, 0.6) is 0 Å². The number of aliphatic hydroxyl groups excluding tert-OH is 1. The molecule has 13 heteroatoms. The summed E-state index contributed by atoms with van der Waals surface area (Å²) in [4.78, 5) is 28.9. The van der Waals surface area contributed by atoms with Crippen LogP contribution in [0.2, 0.25) is 0 Å². The first-order valence-corrected chi connectivity index (χ1v) is 17.7. The van der Waals surface area contributed by atoms with E-state index in [0.717, 1.165) is 49.7 Å². The van der Waals surface area contributed by atoms with Crippen molar-refractivity contribution in [2.75, 3.05) is 11.9 Å². The zero-order valence-electron chi connectivity index (χ0n) is 29.4. The molecule has 0 aromatic heterocycles. The number of piperidine rings is 1. The number of benzene rings is 3. The van der Waals surface area contributed by atoms with Gasteiger partial charge in [0.05, 0.1) is 24.9 Å². The summed E-state index contributed by atoms with van der Waals surface area (Å²) in [5, 5.41) is 15.0. The van der Waals surface area contributed by atoms with E-state index < -0.39 is 64.6 Å². The van der Waals surface area contributed by atoms with E-state index in [2.05, 4.69) is 15.5 Å². The monoisotopic (exact) mass is 729 g/mol. The highest BCUT2D eigenvalue weighted by Gasteiger charge is 2.44. The Hall–Kier alpha value is -3.91. The molecule has 3 aliphatic rings. The molecule has 8 nitrogen and oxygen atoms in total. The summed E-state index contributed by atoms with van der Waals surface area (Å²) in [6.45, 7) is 6.20. The molecule has 6 atom stereocenters. The number of nitrogens with zero attached hydrogens (tertiary/aromatic N) is 1. The van der Waals surface area contributed by atoms with Gasteiger partial charge in [-0.15, -0.1) is 0 Å². The molecule has 1 saturated carbocycles. The second-order valence-corrected chi connectivity index (χ2v) is 15.0. The van der Waals surface area contributed by atoms with Crippen LogP contribution in [0, 0.1) is 35.0 Å². The molecule has 0 unspecified atom stereocenters. The molecule has 0 spiro atoms. The largest absolute Gasteiger partial charge is 0.392 e. The number of carbonyl (C=O) groups is 2. The third-order valence-electron chi connectivity index (χ3n) is 10.2. The Labute approximate surface area is 299 Å². The minimum atomic E-state index is -2.36. The molecule has 2 saturated heterocycles. The zero-order chi connectivity index (χ0) is 37.3. The van der Waals surface area contributed by atoms with Gasteiger partial charge in [0.25, 0.3) is 5.91 Å². The second-order valence-electron chi connectivity index (χ2n) is 15.0. The first-order valence-electron chi connectivity index (χ1n) is 17.7. The number of carbonyl (C=O) groups excluding carboxylic acids is 2. The van der Waals surface area contributed by atoms with Crippen LogP contribution in [0.3, 0.4) is 0 Å². The number of likely N-dealkylation sites (tertiary alicyclic amines) is 1. The topological polar surface area (TPSA) is 100 Å². The van der Waals surface area contributed by atoms with Gasteiger partial charge >= 0.3 is 0 Å². The first kappa shape index (κ1) is 37.8. The first-order chi connectivity index (χ1) is 24.7. The number of nitrogens with one attached hydrogen (secondary N) is 2. The lowest BCUT2D eigenvalue weighted by atomic mass is 9.75. The molecule has 2 heterocycles. The maximum Gasteiger partial charge on any atom is 0.261 e. The summed E-state index contributed by atoms with van der Waals surface area (Å²) < 4.78 is 83.2. The second kappa shape index (κ2) is 15.6. The van der Waals surface area contributed by atoms with Crippen molar-refractivity contribution in [3.05, 3.63) is 99.9 Å². The summed E-state index contributed by atoms with van der Waals surface area (Å²) in [5.74, 6) is -12.4. The maximum absolute atomic E-state index is 14.4. The van der Waals surface area contributed by atoms with Gasteiger partial charge in [-0.05, 0) is 75.6 Å². The van der Waals surface area contributed by atoms with E-state index >= 15 is 0 Å². The number of anilines is 1. The van der Waals surface area contributed by atoms with Crippen LogP contribution in [-0.2, 0) is 20.9 Å². The van der Waals surface area contributed by atoms with E-state index in [-0.39, 0.29) is 30.3 Å². The molecule has 3 fully saturated rings. The quantitative estimate of drug-likeness (QED) is 0.126. The number of rotatable bonds is 8. The Kier molecular flexibility index (Phi) is 11.3. The molecule has 2 amide bonds. The molecular formula is C39H44F5N3O5. The van der Waals surface area contributed by atoms with Gasteiger partial charge in [-0.2, -0.15) is 0 Å². The van der Waals surface area contributed by atoms with Gasteiger partial charge in [0.2, 0.25) is 11.7 Å². The molecule has 3 aromatic rings. The Bertz CT molecular complexity index is 1760. The number of hydrogen-bond donors (Lipinski definition) is 3. The maximum atomic E-state index is 14.4. The molecule has 3 N–H and O–H groups in total. The third-order valence-corrected chi connectivity index (χ3v) is 10.2. The number of ether oxygens (including phenoxy) is 2. The van der Waals surface area contributed by atoms with Crippen molar-refractivity contribution in [2.45, 2.75) is 108 Å². The molecule has 2 aliphatic heterocycles. The van der Waals surface area contributed by atoms with Crippen molar-refractivity contribution in [2.24, 2.45) is 5.92 Å². The number of halogens is 5. The smallest absolute Gasteiger partial charge is 0.261 e. The molecule has 52 heavy (non-hydrogen) atoms. The zero-order valence-corrected chi connectivity index (χ0v) is 29.4. The van der Waals surface area contributed by atoms with Crippen molar-refractivity contribution in [3.63, 3.8) is 0 Å². The number of fused-ring (bicyclic) bond motifs is 1. The van der Waals surface area contributed by atoms with Gasteiger partial charge in [-0.3, -0.25) is 14.5 Å². The van der Waals surface area contributed by atoms with E-state index in [9.17, 15) is 36.6 Å². The van der Waals surface area contributed by atoms with Crippen molar-refractivity contribution in [3.8, 4) is 0 Å². The van der Waals surface area contributed by atoms with Gasteiger partial charge in [0.1, 0.15) is 5.56 Å². The van der Waals surface area contributed by atoms with Gasteiger partial charge < -0.3 is 25.2 Å². The molecular weight excluding hydrogens is 685 g/mol. The Balaban J connectivity index is 1.29. The average Bonchev–Trinajstić information content (AvgIpc) is 3.12. The van der Waals surface area contributed by atoms with Crippen LogP contribution in [0.4, 0.5) is 27.6 Å². The summed E-state index contributed by atoms with van der Waals surface area (Å²) in [6, 6.07) is 13.3. The Morgan fingerprint density at radius 1 is 0.846 bits per heavy atom. The van der Waals surface area contributed by atoms with Gasteiger partial charge in [-0.25, -0.2) is 22.0 Å². The molecule has 6 rings (SSSR count). The van der Waals surface area contributed by atoms with Crippen molar-refractivity contribution >= 4 is 17.5 Å². The Morgan fingerprint density at radius 3 is 2.19 bits per heavy atom. The minimum absolute atomic E-state index is 0.00427. The van der Waals surface area contributed by atoms with Crippen LogP contribution in [0.1, 0.15) is 105 Å². The summed E-state index contributed by atoms with van der Waals surface area (Å²) in [5.41, 5.74) is -0.0216. The van der Waals surface area contributed by atoms with E-state index in [0.29, 0.717) is 24.4 Å². The lowest BCUT2D eigenvalue weighted by Gasteiger charge is -2.50. The fraction of sp³-hybridized carbons (Fsp3) is 0.487. The predicted octanol–water partition coefficient (Wildman–Crippen LogP) is 7.61. The highest BCUT2D eigenvalue weighted by Crippen LogP contribution is 2.42. The van der Waals surface area contributed by atoms with Crippen LogP contribution in [-0.4, -0.2) is 52.1 Å². The lowest BCUT2D eigenvalue weighted by Crippen LogP contribution is -2.61. The minimum Gasteiger partial charge on any atom is -0.392 e. The molecule has 3 aromatic carbocycles.